The SMILES string of the molecule is Nc1cnccc1NC(=O)CCOCC(F)(F)F. The molecule has 0 saturated heterocycles. The van der Waals surface area contributed by atoms with Gasteiger partial charge in [-0.25, -0.2) is 0 Å². The van der Waals surface area contributed by atoms with Crippen LogP contribution in [0.15, 0.2) is 18.5 Å². The maximum atomic E-state index is 11.7. The van der Waals surface area contributed by atoms with Crippen LogP contribution in [0.3, 0.4) is 0 Å². The highest BCUT2D eigenvalue weighted by Crippen LogP contribution is 2.16. The Labute approximate surface area is 101 Å². The van der Waals surface area contributed by atoms with Gasteiger partial charge in [0.05, 0.1) is 30.6 Å². The minimum Gasteiger partial charge on any atom is -0.396 e. The highest BCUT2D eigenvalue weighted by atomic mass is 19.4. The summed E-state index contributed by atoms with van der Waals surface area (Å²) in [5.41, 5.74) is 6.17. The number of anilines is 2. The second-order valence-corrected chi connectivity index (χ2v) is 3.43. The Morgan fingerprint density at radius 3 is 2.83 bits per heavy atom. The average Bonchev–Trinajstić information content (AvgIpc) is 2.26. The number of ether oxygens (including phenoxy) is 1. The quantitative estimate of drug-likeness (QED) is 0.790. The normalized spacial score (nSPS) is 11.3. The Hall–Kier alpha value is -1.83. The molecule has 0 aliphatic rings. The van der Waals surface area contributed by atoms with Crippen LogP contribution in [0.2, 0.25) is 0 Å². The van der Waals surface area contributed by atoms with E-state index in [0.29, 0.717) is 5.69 Å². The van der Waals surface area contributed by atoms with Crippen molar-refractivity contribution >= 4 is 17.3 Å². The molecule has 18 heavy (non-hydrogen) atoms. The van der Waals surface area contributed by atoms with Crippen molar-refractivity contribution < 1.29 is 22.7 Å². The summed E-state index contributed by atoms with van der Waals surface area (Å²) in [7, 11) is 0. The van der Waals surface area contributed by atoms with E-state index in [2.05, 4.69) is 15.0 Å². The van der Waals surface area contributed by atoms with E-state index in [-0.39, 0.29) is 18.7 Å². The third-order valence-electron chi connectivity index (χ3n) is 1.87. The van der Waals surface area contributed by atoms with Gasteiger partial charge in [0.15, 0.2) is 0 Å². The van der Waals surface area contributed by atoms with Crippen molar-refractivity contribution in [2.24, 2.45) is 0 Å². The number of nitrogens with zero attached hydrogens (tertiary/aromatic N) is 1. The number of halogens is 3. The van der Waals surface area contributed by atoms with Crippen LogP contribution in [0.4, 0.5) is 24.5 Å². The van der Waals surface area contributed by atoms with Crippen molar-refractivity contribution in [3.63, 3.8) is 0 Å². The number of nitrogen functional groups attached to an aromatic ring is 1. The van der Waals surface area contributed by atoms with E-state index >= 15 is 0 Å². The number of carbonyl (C=O) groups excluding carboxylic acids is 1. The Morgan fingerprint density at radius 1 is 1.50 bits per heavy atom. The Bertz CT molecular complexity index is 410. The van der Waals surface area contributed by atoms with E-state index in [9.17, 15) is 18.0 Å². The molecular formula is C10H12F3N3O2. The molecule has 3 N–H and O–H groups in total. The predicted molar refractivity (Wildman–Crippen MR) is 58.8 cm³/mol. The first-order chi connectivity index (χ1) is 8.38. The number of alkyl halides is 3. The summed E-state index contributed by atoms with van der Waals surface area (Å²) < 4.78 is 39.5. The molecule has 0 aromatic carbocycles. The molecule has 1 amide bonds. The van der Waals surface area contributed by atoms with E-state index < -0.39 is 18.7 Å². The highest BCUT2D eigenvalue weighted by Gasteiger charge is 2.27. The molecule has 0 radical (unpaired) electrons. The Morgan fingerprint density at radius 2 is 2.22 bits per heavy atom. The molecule has 0 atom stereocenters. The zero-order valence-corrected chi connectivity index (χ0v) is 9.33. The fraction of sp³-hybridized carbons (Fsp3) is 0.400. The van der Waals surface area contributed by atoms with E-state index in [1.807, 2.05) is 0 Å². The largest absolute Gasteiger partial charge is 0.411 e. The zero-order chi connectivity index (χ0) is 13.6. The molecule has 0 spiro atoms. The highest BCUT2D eigenvalue weighted by molar-refractivity contribution is 5.93. The maximum absolute atomic E-state index is 11.7. The van der Waals surface area contributed by atoms with Crippen molar-refractivity contribution in [1.29, 1.82) is 0 Å². The van der Waals surface area contributed by atoms with E-state index in [4.69, 9.17) is 5.73 Å². The van der Waals surface area contributed by atoms with Crippen LogP contribution in [0, 0.1) is 0 Å². The van der Waals surface area contributed by atoms with Crippen molar-refractivity contribution in [1.82, 2.24) is 4.98 Å². The van der Waals surface area contributed by atoms with Gasteiger partial charge in [-0.2, -0.15) is 13.2 Å². The van der Waals surface area contributed by atoms with Crippen LogP contribution < -0.4 is 11.1 Å². The lowest BCUT2D eigenvalue weighted by Crippen LogP contribution is -2.20. The standard InChI is InChI=1S/C10H12F3N3O2/c11-10(12,13)6-18-4-2-9(17)16-8-1-3-15-5-7(8)14/h1,3,5H,2,4,6,14H2,(H,15,16,17). The van der Waals surface area contributed by atoms with Gasteiger partial charge < -0.3 is 15.8 Å². The number of aromatic nitrogens is 1. The molecule has 0 aliphatic carbocycles. The van der Waals surface area contributed by atoms with Crippen molar-refractivity contribution in [3.8, 4) is 0 Å². The number of hydrogen-bond donors (Lipinski definition) is 2. The molecule has 0 bridgehead atoms. The minimum atomic E-state index is -4.38. The molecule has 0 saturated carbocycles. The second kappa shape index (κ2) is 6.20. The summed E-state index contributed by atoms with van der Waals surface area (Å²) in [6.45, 7) is -1.67. The first-order valence-corrected chi connectivity index (χ1v) is 5.02. The van der Waals surface area contributed by atoms with Crippen molar-refractivity contribution in [2.45, 2.75) is 12.6 Å². The smallest absolute Gasteiger partial charge is 0.396 e. The molecular weight excluding hydrogens is 251 g/mol. The Balaban J connectivity index is 2.29. The molecule has 0 aliphatic heterocycles. The van der Waals surface area contributed by atoms with Gasteiger partial charge in [0, 0.05) is 6.20 Å². The average molecular weight is 263 g/mol. The van der Waals surface area contributed by atoms with Gasteiger partial charge in [0.2, 0.25) is 5.91 Å². The fourth-order valence-electron chi connectivity index (χ4n) is 1.09. The van der Waals surface area contributed by atoms with Crippen LogP contribution in [-0.2, 0) is 9.53 Å². The van der Waals surface area contributed by atoms with Crippen LogP contribution in [0.5, 0.6) is 0 Å². The van der Waals surface area contributed by atoms with Gasteiger partial charge in [-0.05, 0) is 6.07 Å². The monoisotopic (exact) mass is 263 g/mol. The van der Waals surface area contributed by atoms with E-state index in [1.54, 1.807) is 0 Å². The molecule has 0 fully saturated rings. The van der Waals surface area contributed by atoms with Crippen LogP contribution in [0.1, 0.15) is 6.42 Å². The number of amides is 1. The van der Waals surface area contributed by atoms with Crippen molar-refractivity contribution in [2.75, 3.05) is 24.3 Å². The molecule has 1 rings (SSSR count). The molecule has 1 aromatic rings. The van der Waals surface area contributed by atoms with Gasteiger partial charge in [0.1, 0.15) is 6.61 Å². The number of hydrogen-bond acceptors (Lipinski definition) is 4. The summed E-state index contributed by atoms with van der Waals surface area (Å²) >= 11 is 0. The number of rotatable bonds is 5. The lowest BCUT2D eigenvalue weighted by atomic mass is 10.3. The predicted octanol–water partition coefficient (Wildman–Crippen LogP) is 1.57. The van der Waals surface area contributed by atoms with Gasteiger partial charge in [0.25, 0.3) is 0 Å². The fourth-order valence-corrected chi connectivity index (χ4v) is 1.09. The zero-order valence-electron chi connectivity index (χ0n) is 9.33. The number of carbonyl (C=O) groups is 1. The Kier molecular flexibility index (Phi) is 4.90. The minimum absolute atomic E-state index is 0.183. The van der Waals surface area contributed by atoms with Crippen molar-refractivity contribution in [3.05, 3.63) is 18.5 Å². The first kappa shape index (κ1) is 14.2. The van der Waals surface area contributed by atoms with Gasteiger partial charge in [-0.1, -0.05) is 0 Å². The first-order valence-electron chi connectivity index (χ1n) is 5.02. The van der Waals surface area contributed by atoms with Gasteiger partial charge in [-0.15, -0.1) is 0 Å². The van der Waals surface area contributed by atoms with Crippen LogP contribution >= 0.6 is 0 Å². The summed E-state index contributed by atoms with van der Waals surface area (Å²) in [5, 5.41) is 2.44. The summed E-state index contributed by atoms with van der Waals surface area (Å²) in [6.07, 6.45) is -1.77. The summed E-state index contributed by atoms with van der Waals surface area (Å²) in [6, 6.07) is 1.49. The third kappa shape index (κ3) is 5.48. The van der Waals surface area contributed by atoms with E-state index in [1.165, 1.54) is 18.5 Å². The molecule has 1 heterocycles. The number of nitrogens with one attached hydrogen (secondary N) is 1. The summed E-state index contributed by atoms with van der Waals surface area (Å²) in [5.74, 6) is -0.477. The third-order valence-corrected chi connectivity index (χ3v) is 1.87. The molecule has 1 aromatic heterocycles. The van der Waals surface area contributed by atoms with Crippen LogP contribution in [-0.4, -0.2) is 30.3 Å². The molecule has 100 valence electrons. The van der Waals surface area contributed by atoms with Crippen LogP contribution in [0.25, 0.3) is 0 Å². The lowest BCUT2D eigenvalue weighted by Gasteiger charge is -2.09. The second-order valence-electron chi connectivity index (χ2n) is 3.43. The topological polar surface area (TPSA) is 77.2 Å². The molecule has 5 nitrogen and oxygen atoms in total. The molecule has 0 unspecified atom stereocenters. The molecule has 8 heteroatoms. The number of nitrogens with two attached hydrogens (primary N) is 1. The van der Waals surface area contributed by atoms with E-state index in [0.717, 1.165) is 0 Å². The van der Waals surface area contributed by atoms with Gasteiger partial charge in [-0.3, -0.25) is 9.78 Å². The lowest BCUT2D eigenvalue weighted by molar-refractivity contribution is -0.174. The number of pyridine rings is 1. The summed E-state index contributed by atoms with van der Waals surface area (Å²) in [4.78, 5) is 15.1. The van der Waals surface area contributed by atoms with Gasteiger partial charge >= 0.3 is 6.18 Å². The maximum Gasteiger partial charge on any atom is 0.411 e.